The Hall–Kier alpha value is -4.22. The van der Waals surface area contributed by atoms with Crippen LogP contribution in [-0.2, 0) is 19.7 Å². The third-order valence-corrected chi connectivity index (χ3v) is 8.25. The molecule has 0 bridgehead atoms. The van der Waals surface area contributed by atoms with E-state index < -0.39 is 11.8 Å². The number of carboxylic acids is 1. The average Bonchev–Trinajstić information content (AvgIpc) is 3.47. The number of hydrogen-bond donors (Lipinski definition) is 1. The Morgan fingerprint density at radius 1 is 1.18 bits per heavy atom. The molecule has 1 unspecified atom stereocenters. The van der Waals surface area contributed by atoms with Gasteiger partial charge in [0.15, 0.2) is 5.82 Å². The number of nitrogens with zero attached hydrogens (tertiary/aromatic N) is 7. The lowest BCUT2D eigenvalue weighted by molar-refractivity contribution is 0.0697. The van der Waals surface area contributed by atoms with Crippen LogP contribution < -0.4 is 14.5 Å². The van der Waals surface area contributed by atoms with E-state index in [2.05, 4.69) is 36.8 Å². The first kappa shape index (κ1) is 31.2. The molecule has 4 aromatic rings. The molecule has 12 heteroatoms. The van der Waals surface area contributed by atoms with E-state index in [1.54, 1.807) is 36.7 Å². The molecular formula is C32H37ClFN7O3. The van der Waals surface area contributed by atoms with Gasteiger partial charge in [0, 0.05) is 67.7 Å². The number of halogens is 2. The van der Waals surface area contributed by atoms with Gasteiger partial charge in [-0.2, -0.15) is 4.98 Å². The molecule has 0 amide bonds. The second kappa shape index (κ2) is 14.0. The van der Waals surface area contributed by atoms with E-state index in [1.807, 2.05) is 36.6 Å². The van der Waals surface area contributed by atoms with Crippen molar-refractivity contribution in [2.45, 2.75) is 46.5 Å². The number of anilines is 2. The fraction of sp³-hybridized carbons (Fsp3) is 0.375. The third kappa shape index (κ3) is 7.46. The first-order chi connectivity index (χ1) is 21.2. The summed E-state index contributed by atoms with van der Waals surface area (Å²) in [5.41, 5.74) is 2.55. The Bertz CT molecular complexity index is 1600. The van der Waals surface area contributed by atoms with Gasteiger partial charge in [0.2, 0.25) is 5.88 Å². The summed E-state index contributed by atoms with van der Waals surface area (Å²) in [7, 11) is 0. The van der Waals surface area contributed by atoms with E-state index in [0.29, 0.717) is 29.6 Å². The number of carbonyl (C=O) groups is 1. The van der Waals surface area contributed by atoms with Gasteiger partial charge in [-0.15, -0.1) is 10.2 Å². The van der Waals surface area contributed by atoms with Crippen LogP contribution in [0.4, 0.5) is 15.9 Å². The molecule has 1 aliphatic rings. The van der Waals surface area contributed by atoms with Crippen LogP contribution in [0, 0.1) is 12.7 Å². The molecule has 1 fully saturated rings. The van der Waals surface area contributed by atoms with Crippen molar-refractivity contribution in [2.75, 3.05) is 42.5 Å². The minimum absolute atomic E-state index is 0.0591. The Morgan fingerprint density at radius 3 is 2.77 bits per heavy atom. The summed E-state index contributed by atoms with van der Waals surface area (Å²) >= 11 is 5.86. The lowest BCUT2D eigenvalue weighted by atomic mass is 10.1. The number of pyridine rings is 1. The van der Waals surface area contributed by atoms with E-state index >= 15 is 0 Å². The highest BCUT2D eigenvalue weighted by Crippen LogP contribution is 2.25. The Morgan fingerprint density at radius 2 is 2.02 bits per heavy atom. The SMILES string of the molecule is CCn1cnnc1CN(CCN1CCN(c2cccc(OCc3ccc(Cl)cc3F)n2)CC1C)c1cc(C(=O)O)ccc1C. The molecule has 0 aliphatic carbocycles. The molecule has 2 aromatic carbocycles. The maximum Gasteiger partial charge on any atom is 0.335 e. The monoisotopic (exact) mass is 621 g/mol. The van der Waals surface area contributed by atoms with Crippen molar-refractivity contribution in [3.63, 3.8) is 0 Å². The van der Waals surface area contributed by atoms with Crippen LogP contribution >= 0.6 is 11.6 Å². The number of aryl methyl sites for hydroxylation is 2. The fourth-order valence-corrected chi connectivity index (χ4v) is 5.60. The molecule has 10 nitrogen and oxygen atoms in total. The number of piperazine rings is 1. The summed E-state index contributed by atoms with van der Waals surface area (Å²) in [5, 5.41) is 18.4. The smallest absolute Gasteiger partial charge is 0.335 e. The van der Waals surface area contributed by atoms with Gasteiger partial charge in [-0.25, -0.2) is 9.18 Å². The van der Waals surface area contributed by atoms with E-state index in [1.165, 1.54) is 6.07 Å². The maximum absolute atomic E-state index is 14.2. The number of aromatic carboxylic acids is 1. The summed E-state index contributed by atoms with van der Waals surface area (Å²) in [6.45, 7) is 11.4. The van der Waals surface area contributed by atoms with E-state index in [4.69, 9.17) is 16.3 Å². The fourth-order valence-electron chi connectivity index (χ4n) is 5.44. The molecular weight excluding hydrogens is 585 g/mol. The van der Waals surface area contributed by atoms with Crippen molar-refractivity contribution in [3.8, 4) is 5.88 Å². The minimum Gasteiger partial charge on any atom is -0.478 e. The summed E-state index contributed by atoms with van der Waals surface area (Å²) in [6, 6.07) is 15.6. The zero-order chi connectivity index (χ0) is 31.2. The lowest BCUT2D eigenvalue weighted by Crippen LogP contribution is -2.53. The van der Waals surface area contributed by atoms with Gasteiger partial charge in [-0.1, -0.05) is 29.8 Å². The van der Waals surface area contributed by atoms with Gasteiger partial charge in [0.05, 0.1) is 12.1 Å². The quantitative estimate of drug-likeness (QED) is 0.226. The van der Waals surface area contributed by atoms with E-state index in [9.17, 15) is 14.3 Å². The van der Waals surface area contributed by atoms with Gasteiger partial charge in [-0.05, 0) is 56.7 Å². The number of ether oxygens (including phenoxy) is 1. The molecule has 1 saturated heterocycles. The summed E-state index contributed by atoms with van der Waals surface area (Å²) in [5.74, 6) is 0.716. The van der Waals surface area contributed by atoms with Crippen LogP contribution in [0.25, 0.3) is 0 Å². The first-order valence-corrected chi connectivity index (χ1v) is 15.1. The van der Waals surface area contributed by atoms with Crippen LogP contribution in [0.2, 0.25) is 5.02 Å². The predicted octanol–water partition coefficient (Wildman–Crippen LogP) is 5.29. The number of carboxylic acid groups (broad SMARTS) is 1. The third-order valence-electron chi connectivity index (χ3n) is 8.01. The van der Waals surface area contributed by atoms with Gasteiger partial charge in [0.1, 0.15) is 24.6 Å². The van der Waals surface area contributed by atoms with Crippen LogP contribution in [0.1, 0.15) is 41.2 Å². The number of rotatable bonds is 12. The molecule has 2 aromatic heterocycles. The van der Waals surface area contributed by atoms with Crippen molar-refractivity contribution in [1.29, 1.82) is 0 Å². The topological polar surface area (TPSA) is 99.9 Å². The summed E-state index contributed by atoms with van der Waals surface area (Å²) in [6.07, 6.45) is 1.72. The van der Waals surface area contributed by atoms with E-state index in [-0.39, 0.29) is 18.2 Å². The molecule has 1 aliphatic heterocycles. The van der Waals surface area contributed by atoms with Crippen LogP contribution in [0.5, 0.6) is 5.88 Å². The summed E-state index contributed by atoms with van der Waals surface area (Å²) in [4.78, 5) is 23.3. The standard InChI is InChI=1S/C32H37ClFN7O3/c1-4-38-21-35-37-30(38)19-40(28-16-24(32(42)43)9-8-22(28)2)14-12-39-13-15-41(18-23(39)3)29-6-5-7-31(36-29)44-20-25-10-11-26(33)17-27(25)34/h5-11,16-17,21,23H,4,12-15,18-20H2,1-3H3,(H,42,43). The molecule has 3 heterocycles. The van der Waals surface area contributed by atoms with Gasteiger partial charge >= 0.3 is 5.97 Å². The average molecular weight is 622 g/mol. The highest BCUT2D eigenvalue weighted by Gasteiger charge is 2.26. The minimum atomic E-state index is -0.951. The Labute approximate surface area is 261 Å². The molecule has 5 rings (SSSR count). The van der Waals surface area contributed by atoms with Crippen LogP contribution in [0.15, 0.2) is 60.9 Å². The Kier molecular flexibility index (Phi) is 9.96. The number of hydrogen-bond acceptors (Lipinski definition) is 8. The highest BCUT2D eigenvalue weighted by molar-refractivity contribution is 6.30. The first-order valence-electron chi connectivity index (χ1n) is 14.7. The molecule has 0 spiro atoms. The molecule has 0 radical (unpaired) electrons. The largest absolute Gasteiger partial charge is 0.478 e. The van der Waals surface area contributed by atoms with Gasteiger partial charge in [0.25, 0.3) is 0 Å². The second-order valence-corrected chi connectivity index (χ2v) is 11.4. The predicted molar refractivity (Wildman–Crippen MR) is 168 cm³/mol. The van der Waals surface area contributed by atoms with E-state index in [0.717, 1.165) is 55.6 Å². The van der Waals surface area contributed by atoms with Crippen LogP contribution in [-0.4, -0.2) is 74.5 Å². The molecule has 0 saturated carbocycles. The van der Waals surface area contributed by atoms with Crippen LogP contribution in [0.3, 0.4) is 0 Å². The normalized spacial score (nSPS) is 15.4. The van der Waals surface area contributed by atoms with Crippen molar-refractivity contribution in [3.05, 3.63) is 94.3 Å². The molecule has 44 heavy (non-hydrogen) atoms. The van der Waals surface area contributed by atoms with Crippen molar-refractivity contribution < 1.29 is 19.0 Å². The number of benzene rings is 2. The van der Waals surface area contributed by atoms with Gasteiger partial charge < -0.3 is 24.2 Å². The van der Waals surface area contributed by atoms with Crippen molar-refractivity contribution in [2.24, 2.45) is 0 Å². The summed E-state index contributed by atoms with van der Waals surface area (Å²) < 4.78 is 22.0. The molecule has 1 atom stereocenters. The maximum atomic E-state index is 14.2. The zero-order valence-corrected chi connectivity index (χ0v) is 25.9. The second-order valence-electron chi connectivity index (χ2n) is 11.0. The zero-order valence-electron chi connectivity index (χ0n) is 25.2. The number of aromatic nitrogens is 4. The molecule has 1 N–H and O–H groups in total. The Balaban J connectivity index is 1.24. The van der Waals surface area contributed by atoms with Crippen molar-refractivity contribution in [1.82, 2.24) is 24.6 Å². The highest BCUT2D eigenvalue weighted by atomic mass is 35.5. The van der Waals surface area contributed by atoms with Crippen molar-refractivity contribution >= 4 is 29.1 Å². The van der Waals surface area contributed by atoms with Gasteiger partial charge in [-0.3, -0.25) is 4.90 Å². The lowest BCUT2D eigenvalue weighted by Gasteiger charge is -2.41. The molecule has 232 valence electrons.